The maximum atomic E-state index is 3.38. The van der Waals surface area contributed by atoms with Gasteiger partial charge in [-0.1, -0.05) is 25.1 Å². The Hall–Kier alpha value is -1.28. The van der Waals surface area contributed by atoms with Crippen LogP contribution in [0.5, 0.6) is 0 Å². The van der Waals surface area contributed by atoms with Crippen LogP contribution in [0.3, 0.4) is 0 Å². The fourth-order valence-corrected chi connectivity index (χ4v) is 2.47. The van der Waals surface area contributed by atoms with E-state index in [1.165, 1.54) is 42.6 Å². The third-order valence-corrected chi connectivity index (χ3v) is 3.45. The molecule has 98 valence electrons. The number of benzene rings is 1. The molecule has 1 aliphatic rings. The predicted molar refractivity (Wildman–Crippen MR) is 80.2 cm³/mol. The minimum absolute atomic E-state index is 0.963. The third kappa shape index (κ3) is 3.36. The van der Waals surface area contributed by atoms with Crippen LogP contribution in [0.4, 0.5) is 5.69 Å². The molecule has 0 unspecified atom stereocenters. The molecule has 1 aliphatic heterocycles. The van der Waals surface area contributed by atoms with Crippen molar-refractivity contribution in [2.45, 2.75) is 26.2 Å². The highest BCUT2D eigenvalue weighted by molar-refractivity contribution is 5.61. The molecule has 0 saturated heterocycles. The summed E-state index contributed by atoms with van der Waals surface area (Å²) in [6.45, 7) is 5.43. The second kappa shape index (κ2) is 6.60. The second-order valence-electron chi connectivity index (χ2n) is 5.02. The minimum atomic E-state index is 0.963. The van der Waals surface area contributed by atoms with Crippen LogP contribution in [0.25, 0.3) is 6.08 Å². The zero-order chi connectivity index (χ0) is 12.8. The Labute approximate surface area is 111 Å². The molecular formula is C16H24N2. The molecule has 1 heterocycles. The average molecular weight is 244 g/mol. The minimum Gasteiger partial charge on any atom is -0.374 e. The lowest BCUT2D eigenvalue weighted by atomic mass is 9.99. The van der Waals surface area contributed by atoms with E-state index < -0.39 is 0 Å². The number of nitrogens with zero attached hydrogens (tertiary/aromatic N) is 1. The maximum absolute atomic E-state index is 3.38. The van der Waals surface area contributed by atoms with Gasteiger partial charge in [-0.05, 0) is 49.1 Å². The van der Waals surface area contributed by atoms with Gasteiger partial charge in [0.1, 0.15) is 0 Å². The van der Waals surface area contributed by atoms with Crippen molar-refractivity contribution in [1.29, 1.82) is 0 Å². The van der Waals surface area contributed by atoms with Crippen LogP contribution in [0.15, 0.2) is 24.3 Å². The third-order valence-electron chi connectivity index (χ3n) is 3.45. The van der Waals surface area contributed by atoms with Crippen molar-refractivity contribution in [2.75, 3.05) is 31.6 Å². The van der Waals surface area contributed by atoms with Gasteiger partial charge in [-0.25, -0.2) is 0 Å². The quantitative estimate of drug-likeness (QED) is 0.801. The molecule has 2 rings (SSSR count). The van der Waals surface area contributed by atoms with Crippen molar-refractivity contribution in [2.24, 2.45) is 0 Å². The fourth-order valence-electron chi connectivity index (χ4n) is 2.47. The normalized spacial score (nSPS) is 15.1. The van der Waals surface area contributed by atoms with Crippen LogP contribution in [0.1, 0.15) is 30.9 Å². The van der Waals surface area contributed by atoms with Gasteiger partial charge in [0.2, 0.25) is 0 Å². The maximum Gasteiger partial charge on any atom is 0.0396 e. The number of aryl methyl sites for hydroxylation is 1. The van der Waals surface area contributed by atoms with Crippen LogP contribution < -0.4 is 10.2 Å². The van der Waals surface area contributed by atoms with Gasteiger partial charge in [-0.15, -0.1) is 0 Å². The largest absolute Gasteiger partial charge is 0.374 e. The summed E-state index contributed by atoms with van der Waals surface area (Å²) in [4.78, 5) is 2.36. The molecule has 2 nitrogen and oxygen atoms in total. The predicted octanol–water partition coefficient (Wildman–Crippen LogP) is 3.08. The lowest BCUT2D eigenvalue weighted by Crippen LogP contribution is -2.24. The van der Waals surface area contributed by atoms with E-state index >= 15 is 0 Å². The fraction of sp³-hybridized carbons (Fsp3) is 0.500. The van der Waals surface area contributed by atoms with Crippen LogP contribution in [0, 0.1) is 0 Å². The summed E-state index contributed by atoms with van der Waals surface area (Å²) < 4.78 is 0. The Morgan fingerprint density at radius 3 is 3.11 bits per heavy atom. The number of hydrogen-bond donors (Lipinski definition) is 1. The zero-order valence-corrected chi connectivity index (χ0v) is 11.6. The molecular weight excluding hydrogens is 220 g/mol. The molecule has 0 bridgehead atoms. The summed E-state index contributed by atoms with van der Waals surface area (Å²) in [5.74, 6) is 0. The van der Waals surface area contributed by atoms with Crippen molar-refractivity contribution < 1.29 is 0 Å². The molecule has 1 aromatic rings. The van der Waals surface area contributed by atoms with Crippen molar-refractivity contribution >= 4 is 11.8 Å². The number of hydrogen-bond acceptors (Lipinski definition) is 2. The summed E-state index contributed by atoms with van der Waals surface area (Å²) >= 11 is 0. The van der Waals surface area contributed by atoms with E-state index in [2.05, 4.69) is 54.5 Å². The van der Waals surface area contributed by atoms with Crippen molar-refractivity contribution in [3.05, 3.63) is 35.4 Å². The van der Waals surface area contributed by atoms with Crippen molar-refractivity contribution in [1.82, 2.24) is 5.32 Å². The lowest BCUT2D eigenvalue weighted by molar-refractivity contribution is 0.730. The molecule has 18 heavy (non-hydrogen) atoms. The van der Waals surface area contributed by atoms with Gasteiger partial charge in [-0.3, -0.25) is 0 Å². The van der Waals surface area contributed by atoms with Crippen molar-refractivity contribution in [3.8, 4) is 0 Å². The summed E-state index contributed by atoms with van der Waals surface area (Å²) in [5, 5.41) is 3.38. The SMILES string of the molecule is CCCNCC=Cc1ccc2c(c1)CCCN2C. The molecule has 0 fully saturated rings. The lowest BCUT2D eigenvalue weighted by Gasteiger charge is -2.27. The molecule has 1 aromatic carbocycles. The first-order chi connectivity index (χ1) is 8.81. The summed E-state index contributed by atoms with van der Waals surface area (Å²) in [6, 6.07) is 6.81. The van der Waals surface area contributed by atoms with Gasteiger partial charge in [-0.2, -0.15) is 0 Å². The highest BCUT2D eigenvalue weighted by atomic mass is 15.1. The van der Waals surface area contributed by atoms with Gasteiger partial charge < -0.3 is 10.2 Å². The van der Waals surface area contributed by atoms with E-state index in [9.17, 15) is 0 Å². The molecule has 2 heteroatoms. The highest BCUT2D eigenvalue weighted by Gasteiger charge is 2.12. The van der Waals surface area contributed by atoms with Crippen LogP contribution >= 0.6 is 0 Å². The smallest absolute Gasteiger partial charge is 0.0396 e. The summed E-state index contributed by atoms with van der Waals surface area (Å²) in [5.41, 5.74) is 4.22. The topological polar surface area (TPSA) is 15.3 Å². The van der Waals surface area contributed by atoms with E-state index in [1.807, 2.05) is 0 Å². The van der Waals surface area contributed by atoms with Crippen LogP contribution in [-0.4, -0.2) is 26.7 Å². The first-order valence-corrected chi connectivity index (χ1v) is 7.02. The van der Waals surface area contributed by atoms with E-state index in [0.717, 1.165) is 13.1 Å². The van der Waals surface area contributed by atoms with Gasteiger partial charge in [0.05, 0.1) is 0 Å². The number of nitrogens with one attached hydrogen (secondary N) is 1. The monoisotopic (exact) mass is 244 g/mol. The number of anilines is 1. The Morgan fingerprint density at radius 1 is 1.39 bits per heavy atom. The van der Waals surface area contributed by atoms with E-state index in [0.29, 0.717) is 0 Å². The standard InChI is InChI=1S/C16H24N2/c1-3-10-17-11-4-6-14-8-9-16-15(13-14)7-5-12-18(16)2/h4,6,8-9,13,17H,3,5,7,10-12H2,1-2H3. The van der Waals surface area contributed by atoms with E-state index in [-0.39, 0.29) is 0 Å². The first kappa shape index (κ1) is 13.2. The molecule has 0 radical (unpaired) electrons. The highest BCUT2D eigenvalue weighted by Crippen LogP contribution is 2.27. The molecule has 0 spiro atoms. The average Bonchev–Trinajstić information content (AvgIpc) is 2.39. The Morgan fingerprint density at radius 2 is 2.28 bits per heavy atom. The molecule has 1 N–H and O–H groups in total. The molecule has 0 saturated carbocycles. The van der Waals surface area contributed by atoms with E-state index in [4.69, 9.17) is 0 Å². The molecule has 0 aliphatic carbocycles. The molecule has 0 atom stereocenters. The van der Waals surface area contributed by atoms with Crippen LogP contribution in [0.2, 0.25) is 0 Å². The van der Waals surface area contributed by atoms with Gasteiger partial charge in [0, 0.05) is 25.8 Å². The van der Waals surface area contributed by atoms with Gasteiger partial charge in [0.25, 0.3) is 0 Å². The number of fused-ring (bicyclic) bond motifs is 1. The Balaban J connectivity index is 1.98. The van der Waals surface area contributed by atoms with Gasteiger partial charge in [0.15, 0.2) is 0 Å². The Bertz CT molecular complexity index is 410. The first-order valence-electron chi connectivity index (χ1n) is 7.02. The van der Waals surface area contributed by atoms with E-state index in [1.54, 1.807) is 0 Å². The zero-order valence-electron chi connectivity index (χ0n) is 11.6. The number of rotatable bonds is 5. The summed E-state index contributed by atoms with van der Waals surface area (Å²) in [7, 11) is 2.18. The Kier molecular flexibility index (Phi) is 4.82. The molecule has 0 amide bonds. The molecule has 0 aromatic heterocycles. The van der Waals surface area contributed by atoms with Gasteiger partial charge >= 0.3 is 0 Å². The summed E-state index contributed by atoms with van der Waals surface area (Å²) in [6.07, 6.45) is 8.12. The van der Waals surface area contributed by atoms with Crippen LogP contribution in [-0.2, 0) is 6.42 Å². The van der Waals surface area contributed by atoms with Crippen molar-refractivity contribution in [3.63, 3.8) is 0 Å². The second-order valence-corrected chi connectivity index (χ2v) is 5.02.